The van der Waals surface area contributed by atoms with Crippen molar-refractivity contribution in [1.29, 1.82) is 0 Å². The van der Waals surface area contributed by atoms with Crippen LogP contribution in [0.2, 0.25) is 5.02 Å². The van der Waals surface area contributed by atoms with Crippen molar-refractivity contribution in [3.05, 3.63) is 68.6 Å². The van der Waals surface area contributed by atoms with Crippen LogP contribution in [0.4, 0.5) is 5.69 Å². The maximum absolute atomic E-state index is 12.5. The summed E-state index contributed by atoms with van der Waals surface area (Å²) in [7, 11) is 1.64. The van der Waals surface area contributed by atoms with E-state index in [0.717, 1.165) is 11.1 Å². The number of aryl methyl sites for hydroxylation is 3. The van der Waals surface area contributed by atoms with Gasteiger partial charge in [0.05, 0.1) is 11.0 Å². The minimum Gasteiger partial charge on any atom is -0.320 e. The Hall–Kier alpha value is -2.66. The molecule has 0 atom stereocenters. The SMILES string of the molecule is Cc1cc2nc(C(=O)Nc3ccc(Cl)cc3)c(=O)n(C)c2cc1C. The number of anilines is 1. The Balaban J connectivity index is 2.07. The van der Waals surface area contributed by atoms with Gasteiger partial charge in [0.2, 0.25) is 0 Å². The third-order valence-electron chi connectivity index (χ3n) is 4.01. The van der Waals surface area contributed by atoms with Crippen molar-refractivity contribution in [2.45, 2.75) is 13.8 Å². The number of carbonyl (C=O) groups excluding carboxylic acids is 1. The van der Waals surface area contributed by atoms with Crippen molar-refractivity contribution in [1.82, 2.24) is 9.55 Å². The molecule has 2 aromatic carbocycles. The second-order valence-corrected chi connectivity index (χ2v) is 6.15. The van der Waals surface area contributed by atoms with Crippen LogP contribution in [-0.4, -0.2) is 15.5 Å². The molecule has 6 heteroatoms. The first-order valence-corrected chi connectivity index (χ1v) is 7.79. The van der Waals surface area contributed by atoms with Crippen molar-refractivity contribution >= 4 is 34.2 Å². The average Bonchev–Trinajstić information content (AvgIpc) is 2.55. The molecule has 0 saturated carbocycles. The van der Waals surface area contributed by atoms with Gasteiger partial charge in [0, 0.05) is 17.8 Å². The summed E-state index contributed by atoms with van der Waals surface area (Å²) in [6.45, 7) is 3.94. The second kappa shape index (κ2) is 6.09. The Morgan fingerprint density at radius 2 is 1.75 bits per heavy atom. The zero-order valence-electron chi connectivity index (χ0n) is 13.6. The molecular weight excluding hydrogens is 326 g/mol. The van der Waals surface area contributed by atoms with Gasteiger partial charge in [-0.05, 0) is 61.4 Å². The molecule has 0 spiro atoms. The van der Waals surface area contributed by atoms with Crippen molar-refractivity contribution in [3.63, 3.8) is 0 Å². The maximum Gasteiger partial charge on any atom is 0.282 e. The first-order chi connectivity index (χ1) is 11.4. The van der Waals surface area contributed by atoms with Crippen molar-refractivity contribution in [2.24, 2.45) is 7.05 Å². The minimum absolute atomic E-state index is 0.136. The van der Waals surface area contributed by atoms with E-state index >= 15 is 0 Å². The van der Waals surface area contributed by atoms with E-state index in [1.165, 1.54) is 4.57 Å². The maximum atomic E-state index is 12.5. The highest BCUT2D eigenvalue weighted by Gasteiger charge is 2.17. The molecule has 0 saturated heterocycles. The van der Waals surface area contributed by atoms with E-state index in [1.807, 2.05) is 26.0 Å². The fourth-order valence-corrected chi connectivity index (χ4v) is 2.58. The third-order valence-corrected chi connectivity index (χ3v) is 4.26. The number of aromatic nitrogens is 2. The van der Waals surface area contributed by atoms with Crippen molar-refractivity contribution in [3.8, 4) is 0 Å². The number of nitrogens with one attached hydrogen (secondary N) is 1. The summed E-state index contributed by atoms with van der Waals surface area (Å²) in [5.41, 5.74) is 3.41. The summed E-state index contributed by atoms with van der Waals surface area (Å²) < 4.78 is 1.45. The molecule has 3 rings (SSSR count). The quantitative estimate of drug-likeness (QED) is 0.776. The third kappa shape index (κ3) is 2.90. The lowest BCUT2D eigenvalue weighted by molar-refractivity contribution is 0.102. The van der Waals surface area contributed by atoms with Gasteiger partial charge in [0.25, 0.3) is 11.5 Å². The predicted molar refractivity (Wildman–Crippen MR) is 95.9 cm³/mol. The number of hydrogen-bond acceptors (Lipinski definition) is 3. The van der Waals surface area contributed by atoms with Gasteiger partial charge >= 0.3 is 0 Å². The molecule has 3 aromatic rings. The first-order valence-electron chi connectivity index (χ1n) is 7.41. The minimum atomic E-state index is -0.543. The van der Waals surface area contributed by atoms with Crippen LogP contribution in [0.3, 0.4) is 0 Å². The van der Waals surface area contributed by atoms with Gasteiger partial charge in [-0.1, -0.05) is 11.6 Å². The van der Waals surface area contributed by atoms with Gasteiger partial charge in [0.15, 0.2) is 5.69 Å². The van der Waals surface area contributed by atoms with Gasteiger partial charge in [0.1, 0.15) is 0 Å². The van der Waals surface area contributed by atoms with Crippen LogP contribution in [-0.2, 0) is 7.05 Å². The second-order valence-electron chi connectivity index (χ2n) is 5.71. The van der Waals surface area contributed by atoms with Crippen molar-refractivity contribution < 1.29 is 4.79 Å². The Kier molecular flexibility index (Phi) is 4.11. The molecule has 0 aliphatic rings. The van der Waals surface area contributed by atoms with Gasteiger partial charge in [-0.3, -0.25) is 9.59 Å². The van der Waals surface area contributed by atoms with Gasteiger partial charge in [-0.15, -0.1) is 0 Å². The summed E-state index contributed by atoms with van der Waals surface area (Å²) in [4.78, 5) is 29.2. The van der Waals surface area contributed by atoms with E-state index in [0.29, 0.717) is 21.7 Å². The highest BCUT2D eigenvalue weighted by atomic mass is 35.5. The lowest BCUT2D eigenvalue weighted by Gasteiger charge is -2.10. The average molecular weight is 342 g/mol. The van der Waals surface area contributed by atoms with E-state index < -0.39 is 11.5 Å². The van der Waals surface area contributed by atoms with Gasteiger partial charge < -0.3 is 9.88 Å². The van der Waals surface area contributed by atoms with E-state index in [9.17, 15) is 9.59 Å². The number of hydrogen-bond donors (Lipinski definition) is 1. The molecule has 24 heavy (non-hydrogen) atoms. The van der Waals surface area contributed by atoms with E-state index in [-0.39, 0.29) is 5.69 Å². The zero-order valence-corrected chi connectivity index (χ0v) is 14.3. The largest absolute Gasteiger partial charge is 0.320 e. The van der Waals surface area contributed by atoms with Crippen molar-refractivity contribution in [2.75, 3.05) is 5.32 Å². The summed E-state index contributed by atoms with van der Waals surface area (Å²) in [5, 5.41) is 3.24. The molecule has 1 aromatic heterocycles. The standard InChI is InChI=1S/C18H16ClN3O2/c1-10-8-14-15(9-11(10)2)22(3)18(24)16(21-14)17(23)20-13-6-4-12(19)5-7-13/h4-9H,1-3H3,(H,20,23). The van der Waals surface area contributed by atoms with Crippen LogP contribution in [0, 0.1) is 13.8 Å². The number of carbonyl (C=O) groups is 1. The smallest absolute Gasteiger partial charge is 0.282 e. The number of rotatable bonds is 2. The topological polar surface area (TPSA) is 64.0 Å². The lowest BCUT2D eigenvalue weighted by atomic mass is 10.1. The molecule has 1 heterocycles. The molecule has 1 amide bonds. The van der Waals surface area contributed by atoms with Crippen LogP contribution >= 0.6 is 11.6 Å². The Labute approximate surface area is 143 Å². The highest BCUT2D eigenvalue weighted by molar-refractivity contribution is 6.30. The van der Waals surface area contributed by atoms with E-state index in [1.54, 1.807) is 31.3 Å². The molecule has 5 nitrogen and oxygen atoms in total. The van der Waals surface area contributed by atoms with E-state index in [2.05, 4.69) is 10.3 Å². The number of halogens is 1. The normalized spacial score (nSPS) is 10.8. The molecule has 0 unspecified atom stereocenters. The number of benzene rings is 2. The highest BCUT2D eigenvalue weighted by Crippen LogP contribution is 2.17. The van der Waals surface area contributed by atoms with Crippen LogP contribution in [0.5, 0.6) is 0 Å². The number of nitrogens with zero attached hydrogens (tertiary/aromatic N) is 2. The molecule has 0 aliphatic carbocycles. The summed E-state index contributed by atoms with van der Waals surface area (Å²) in [6.07, 6.45) is 0. The van der Waals surface area contributed by atoms with Crippen LogP contribution < -0.4 is 10.9 Å². The molecule has 0 fully saturated rings. The Morgan fingerprint density at radius 1 is 1.12 bits per heavy atom. The summed E-state index contributed by atoms with van der Waals surface area (Å²) in [6, 6.07) is 10.4. The van der Waals surface area contributed by atoms with E-state index in [4.69, 9.17) is 11.6 Å². The lowest BCUT2D eigenvalue weighted by Crippen LogP contribution is -2.29. The van der Waals surface area contributed by atoms with Crippen LogP contribution in [0.25, 0.3) is 11.0 Å². The number of amides is 1. The van der Waals surface area contributed by atoms with Gasteiger partial charge in [-0.2, -0.15) is 0 Å². The molecule has 0 aliphatic heterocycles. The monoisotopic (exact) mass is 341 g/mol. The fraction of sp³-hybridized carbons (Fsp3) is 0.167. The fourth-order valence-electron chi connectivity index (χ4n) is 2.45. The number of fused-ring (bicyclic) bond motifs is 1. The predicted octanol–water partition coefficient (Wildman–Crippen LogP) is 3.46. The van der Waals surface area contributed by atoms with Crippen LogP contribution in [0.15, 0.2) is 41.2 Å². The molecule has 122 valence electrons. The Bertz CT molecular complexity index is 1010. The van der Waals surface area contributed by atoms with Gasteiger partial charge in [-0.25, -0.2) is 4.98 Å². The zero-order chi connectivity index (χ0) is 17.4. The van der Waals surface area contributed by atoms with Crippen LogP contribution in [0.1, 0.15) is 21.6 Å². The molecular formula is C18H16ClN3O2. The Morgan fingerprint density at radius 3 is 2.42 bits per heavy atom. The molecule has 0 bridgehead atoms. The summed E-state index contributed by atoms with van der Waals surface area (Å²) in [5.74, 6) is -0.543. The molecule has 0 radical (unpaired) electrons. The molecule has 1 N–H and O–H groups in total. The summed E-state index contributed by atoms with van der Waals surface area (Å²) >= 11 is 5.83. The first kappa shape index (κ1) is 16.2.